The van der Waals surface area contributed by atoms with Crippen LogP contribution in [0.1, 0.15) is 38.2 Å². The average Bonchev–Trinajstić information content (AvgIpc) is 3.38. The topological polar surface area (TPSA) is 139 Å². The van der Waals surface area contributed by atoms with Gasteiger partial charge in [-0.15, -0.1) is 0 Å². The second-order valence-corrected chi connectivity index (χ2v) is 11.1. The number of anilines is 1. The molecule has 1 aliphatic carbocycles. The molecule has 1 aliphatic rings. The molecule has 2 amide bonds. The molecule has 0 heterocycles. The Balaban J connectivity index is 1.96. The first-order chi connectivity index (χ1) is 17.9. The molecule has 0 bridgehead atoms. The van der Waals surface area contributed by atoms with Crippen molar-refractivity contribution in [2.75, 3.05) is 24.2 Å². The number of non-ortho nitro benzene ring substituents is 1. The molecule has 0 saturated heterocycles. The van der Waals surface area contributed by atoms with Crippen LogP contribution in [0.2, 0.25) is 0 Å². The summed E-state index contributed by atoms with van der Waals surface area (Å²) in [6.45, 7) is 0.686. The van der Waals surface area contributed by atoms with Crippen LogP contribution in [0.15, 0.2) is 42.5 Å². The van der Waals surface area contributed by atoms with E-state index in [2.05, 4.69) is 5.32 Å². The Kier molecular flexibility index (Phi) is 9.26. The number of methoxy groups -OCH3 is 1. The Bertz CT molecular complexity index is 1280. The first-order valence-electron chi connectivity index (χ1n) is 12.0. The molecule has 1 fully saturated rings. The summed E-state index contributed by atoms with van der Waals surface area (Å²) in [5.74, 6) is -1.60. The van der Waals surface area contributed by atoms with E-state index in [1.54, 1.807) is 0 Å². The first kappa shape index (κ1) is 28.8. The molecule has 38 heavy (non-hydrogen) atoms. The van der Waals surface area contributed by atoms with Crippen LogP contribution in [0.5, 0.6) is 5.75 Å². The molecule has 1 saturated carbocycles. The number of carbonyl (C=O) groups excluding carboxylic acids is 2. The van der Waals surface area contributed by atoms with Crippen LogP contribution < -0.4 is 14.4 Å². The van der Waals surface area contributed by atoms with Crippen molar-refractivity contribution in [1.82, 2.24) is 10.2 Å². The Morgan fingerprint density at radius 2 is 1.82 bits per heavy atom. The molecule has 1 atom stereocenters. The molecule has 1 N–H and O–H groups in total. The number of hydrogen-bond acceptors (Lipinski definition) is 7. The summed E-state index contributed by atoms with van der Waals surface area (Å²) in [6, 6.07) is 7.79. The van der Waals surface area contributed by atoms with Crippen LogP contribution in [0.4, 0.5) is 15.8 Å². The Labute approximate surface area is 220 Å². The number of ether oxygens (including phenoxy) is 1. The highest BCUT2D eigenvalue weighted by Crippen LogP contribution is 2.34. The number of amides is 2. The maximum atomic E-state index is 13.6. The van der Waals surface area contributed by atoms with Gasteiger partial charge in [-0.3, -0.25) is 24.0 Å². The van der Waals surface area contributed by atoms with E-state index in [0.717, 1.165) is 44.1 Å². The molecular formula is C25H31FN4O7S. The van der Waals surface area contributed by atoms with Crippen molar-refractivity contribution in [3.05, 3.63) is 64.0 Å². The van der Waals surface area contributed by atoms with Crippen LogP contribution >= 0.6 is 0 Å². The molecule has 206 valence electrons. The van der Waals surface area contributed by atoms with E-state index in [4.69, 9.17) is 4.74 Å². The van der Waals surface area contributed by atoms with Crippen molar-refractivity contribution in [2.24, 2.45) is 0 Å². The SMILES string of the molecule is COc1ccc([N+](=O)[O-])cc1N(CC(=O)N(Cc1ccc(F)cc1)C(C)C(=O)NC1CCCC1)S(C)(=O)=O. The Morgan fingerprint density at radius 3 is 2.37 bits per heavy atom. The zero-order chi connectivity index (χ0) is 28.0. The van der Waals surface area contributed by atoms with Crippen LogP contribution in [-0.4, -0.2) is 62.0 Å². The second-order valence-electron chi connectivity index (χ2n) is 9.20. The molecule has 13 heteroatoms. The van der Waals surface area contributed by atoms with E-state index in [9.17, 15) is 32.5 Å². The number of sulfonamides is 1. The normalized spacial score (nSPS) is 14.5. The number of carbonyl (C=O) groups is 2. The molecule has 0 spiro atoms. The highest BCUT2D eigenvalue weighted by Gasteiger charge is 2.33. The number of hydrogen-bond donors (Lipinski definition) is 1. The zero-order valence-electron chi connectivity index (χ0n) is 21.4. The summed E-state index contributed by atoms with van der Waals surface area (Å²) >= 11 is 0. The van der Waals surface area contributed by atoms with Crippen LogP contribution in [0.3, 0.4) is 0 Å². The summed E-state index contributed by atoms with van der Waals surface area (Å²) < 4.78 is 44.9. The van der Waals surface area contributed by atoms with Gasteiger partial charge < -0.3 is 15.0 Å². The van der Waals surface area contributed by atoms with Crippen LogP contribution in [0, 0.1) is 15.9 Å². The Hall–Kier alpha value is -3.74. The third-order valence-electron chi connectivity index (χ3n) is 6.46. The van der Waals surface area contributed by atoms with Gasteiger partial charge in [0.05, 0.1) is 18.3 Å². The third kappa shape index (κ3) is 7.18. The lowest BCUT2D eigenvalue weighted by molar-refractivity contribution is -0.384. The summed E-state index contributed by atoms with van der Waals surface area (Å²) in [4.78, 5) is 38.6. The molecule has 2 aromatic carbocycles. The van der Waals surface area contributed by atoms with Gasteiger partial charge in [-0.2, -0.15) is 0 Å². The van der Waals surface area contributed by atoms with Gasteiger partial charge in [-0.25, -0.2) is 12.8 Å². The second kappa shape index (κ2) is 12.2. The highest BCUT2D eigenvalue weighted by atomic mass is 32.2. The van der Waals surface area contributed by atoms with E-state index in [1.165, 1.54) is 49.3 Å². The summed E-state index contributed by atoms with van der Waals surface area (Å²) in [7, 11) is -2.86. The molecule has 0 radical (unpaired) electrons. The number of nitro groups is 1. The maximum Gasteiger partial charge on any atom is 0.271 e. The van der Waals surface area contributed by atoms with Gasteiger partial charge in [-0.05, 0) is 43.5 Å². The summed E-state index contributed by atoms with van der Waals surface area (Å²) in [6.07, 6.45) is 4.51. The Morgan fingerprint density at radius 1 is 1.18 bits per heavy atom. The van der Waals surface area contributed by atoms with Gasteiger partial charge in [-0.1, -0.05) is 25.0 Å². The van der Waals surface area contributed by atoms with E-state index < -0.39 is 50.9 Å². The van der Waals surface area contributed by atoms with Crippen molar-refractivity contribution in [3.8, 4) is 5.75 Å². The molecule has 3 rings (SSSR count). The number of rotatable bonds is 11. The largest absolute Gasteiger partial charge is 0.495 e. The molecule has 0 aromatic heterocycles. The van der Waals surface area contributed by atoms with Crippen molar-refractivity contribution in [3.63, 3.8) is 0 Å². The number of nitro benzene ring substituents is 1. The molecule has 2 aromatic rings. The van der Waals surface area contributed by atoms with Crippen LogP contribution in [0.25, 0.3) is 0 Å². The van der Waals surface area contributed by atoms with E-state index >= 15 is 0 Å². The molecular weight excluding hydrogens is 519 g/mol. The number of halogens is 1. The van der Waals surface area contributed by atoms with Gasteiger partial charge in [0.25, 0.3) is 5.69 Å². The lowest BCUT2D eigenvalue weighted by Gasteiger charge is -2.32. The fourth-order valence-corrected chi connectivity index (χ4v) is 5.19. The lowest BCUT2D eigenvalue weighted by Crippen LogP contribution is -2.52. The van der Waals surface area contributed by atoms with E-state index in [0.29, 0.717) is 9.87 Å². The minimum Gasteiger partial charge on any atom is -0.495 e. The van der Waals surface area contributed by atoms with Crippen LogP contribution in [-0.2, 0) is 26.2 Å². The van der Waals surface area contributed by atoms with E-state index in [1.807, 2.05) is 0 Å². The minimum atomic E-state index is -4.13. The predicted octanol–water partition coefficient (Wildman–Crippen LogP) is 2.98. The van der Waals surface area contributed by atoms with Crippen molar-refractivity contribution >= 4 is 33.2 Å². The fraction of sp³-hybridized carbons (Fsp3) is 0.440. The lowest BCUT2D eigenvalue weighted by atomic mass is 10.1. The molecule has 0 aliphatic heterocycles. The highest BCUT2D eigenvalue weighted by molar-refractivity contribution is 7.92. The fourth-order valence-electron chi connectivity index (χ4n) is 4.34. The van der Waals surface area contributed by atoms with Gasteiger partial charge in [0, 0.05) is 24.7 Å². The van der Waals surface area contributed by atoms with Crippen molar-refractivity contribution in [1.29, 1.82) is 0 Å². The first-order valence-corrected chi connectivity index (χ1v) is 13.9. The molecule has 1 unspecified atom stereocenters. The maximum absolute atomic E-state index is 13.6. The van der Waals surface area contributed by atoms with Crippen molar-refractivity contribution < 1.29 is 32.1 Å². The van der Waals surface area contributed by atoms with Gasteiger partial charge in [0.1, 0.15) is 29.8 Å². The standard InChI is InChI=1S/C25H31FN4O7S/c1-17(25(32)27-20-6-4-5-7-20)28(15-18-8-10-19(26)11-9-18)24(31)16-29(38(3,35)36)22-14-21(30(33)34)12-13-23(22)37-2/h8-14,17,20H,4-7,15-16H2,1-3H3,(H,27,32). The van der Waals surface area contributed by atoms with E-state index in [-0.39, 0.29) is 24.0 Å². The van der Waals surface area contributed by atoms with Gasteiger partial charge in [0.2, 0.25) is 21.8 Å². The predicted molar refractivity (Wildman–Crippen MR) is 139 cm³/mol. The third-order valence-corrected chi connectivity index (χ3v) is 7.58. The quantitative estimate of drug-likeness (QED) is 0.335. The smallest absolute Gasteiger partial charge is 0.271 e. The summed E-state index contributed by atoms with van der Waals surface area (Å²) in [5.41, 5.74) is -0.0594. The van der Waals surface area contributed by atoms with Crippen molar-refractivity contribution in [2.45, 2.75) is 51.2 Å². The number of nitrogens with zero attached hydrogens (tertiary/aromatic N) is 3. The molecule has 11 nitrogen and oxygen atoms in total. The van der Waals surface area contributed by atoms with Gasteiger partial charge in [0.15, 0.2) is 0 Å². The number of benzene rings is 2. The minimum absolute atomic E-state index is 0.00521. The average molecular weight is 551 g/mol. The number of nitrogens with one attached hydrogen (secondary N) is 1. The van der Waals surface area contributed by atoms with Gasteiger partial charge >= 0.3 is 0 Å². The summed E-state index contributed by atoms with van der Waals surface area (Å²) in [5, 5.41) is 14.3. The zero-order valence-corrected chi connectivity index (χ0v) is 22.2. The monoisotopic (exact) mass is 550 g/mol.